The summed E-state index contributed by atoms with van der Waals surface area (Å²) in [7, 11) is 3.92. The van der Waals surface area contributed by atoms with Gasteiger partial charge in [0.2, 0.25) is 0 Å². The fourth-order valence-corrected chi connectivity index (χ4v) is 3.60. The molecule has 6 heteroatoms. The first-order valence-electron chi connectivity index (χ1n) is 7.45. The standard InChI is InChI=1S/C17H19N3O2S/c1-10-4-5-13-11(8-10)15-12(16(21)19-13)9-14(23-15)17(22)18-6-7-20(2)3/h4-5,8-9H,6-7H2,1-3H3,(H,18,22)(H,19,21). The molecule has 2 heterocycles. The summed E-state index contributed by atoms with van der Waals surface area (Å²) in [6, 6.07) is 7.60. The van der Waals surface area contributed by atoms with Crippen molar-refractivity contribution in [2.45, 2.75) is 6.92 Å². The second kappa shape index (κ2) is 6.14. The van der Waals surface area contributed by atoms with Crippen molar-refractivity contribution in [3.63, 3.8) is 0 Å². The van der Waals surface area contributed by atoms with Gasteiger partial charge in [-0.15, -0.1) is 11.3 Å². The Morgan fingerprint density at radius 2 is 2.04 bits per heavy atom. The lowest BCUT2D eigenvalue weighted by molar-refractivity contribution is 0.0955. The Bertz CT molecular complexity index is 940. The number of rotatable bonds is 4. The quantitative estimate of drug-likeness (QED) is 0.772. The smallest absolute Gasteiger partial charge is 0.261 e. The third kappa shape index (κ3) is 3.13. The summed E-state index contributed by atoms with van der Waals surface area (Å²) < 4.78 is 0.866. The van der Waals surface area contributed by atoms with Crippen LogP contribution in [0.5, 0.6) is 0 Å². The lowest BCUT2D eigenvalue weighted by Crippen LogP contribution is -2.30. The number of nitrogens with zero attached hydrogens (tertiary/aromatic N) is 1. The minimum atomic E-state index is -0.153. The van der Waals surface area contributed by atoms with Crippen molar-refractivity contribution in [2.75, 3.05) is 27.2 Å². The van der Waals surface area contributed by atoms with Gasteiger partial charge < -0.3 is 15.2 Å². The average Bonchev–Trinajstić information content (AvgIpc) is 2.94. The zero-order valence-corrected chi connectivity index (χ0v) is 14.2. The minimum absolute atomic E-state index is 0.131. The van der Waals surface area contributed by atoms with E-state index in [1.807, 2.05) is 44.1 Å². The molecule has 3 aromatic rings. The van der Waals surface area contributed by atoms with Crippen LogP contribution in [-0.4, -0.2) is 43.0 Å². The van der Waals surface area contributed by atoms with Crippen LogP contribution in [0.2, 0.25) is 0 Å². The molecule has 0 saturated heterocycles. The van der Waals surface area contributed by atoms with Crippen LogP contribution in [0.15, 0.2) is 29.1 Å². The highest BCUT2D eigenvalue weighted by Crippen LogP contribution is 2.30. The normalized spacial score (nSPS) is 11.5. The van der Waals surface area contributed by atoms with Gasteiger partial charge in [-0.3, -0.25) is 9.59 Å². The highest BCUT2D eigenvalue weighted by atomic mass is 32.1. The number of fused-ring (bicyclic) bond motifs is 3. The van der Waals surface area contributed by atoms with Crippen molar-refractivity contribution in [3.8, 4) is 0 Å². The van der Waals surface area contributed by atoms with Crippen molar-refractivity contribution < 1.29 is 4.79 Å². The number of benzene rings is 1. The summed E-state index contributed by atoms with van der Waals surface area (Å²) in [6.45, 7) is 3.37. The Balaban J connectivity index is 2.02. The number of carbonyl (C=O) groups excluding carboxylic acids is 1. The van der Waals surface area contributed by atoms with Crippen molar-refractivity contribution in [1.82, 2.24) is 15.2 Å². The number of likely N-dealkylation sites (N-methyl/N-ethyl adjacent to an activating group) is 1. The van der Waals surface area contributed by atoms with Gasteiger partial charge in [0.1, 0.15) is 0 Å². The number of nitrogens with one attached hydrogen (secondary N) is 2. The SMILES string of the molecule is Cc1ccc2[nH]c(=O)c3cc(C(=O)NCCN(C)C)sc3c2c1. The van der Waals surface area contributed by atoms with E-state index in [-0.39, 0.29) is 11.5 Å². The van der Waals surface area contributed by atoms with E-state index < -0.39 is 0 Å². The van der Waals surface area contributed by atoms with Crippen LogP contribution in [-0.2, 0) is 0 Å². The third-order valence-corrected chi connectivity index (χ3v) is 4.88. The summed E-state index contributed by atoms with van der Waals surface area (Å²) in [5, 5.41) is 4.45. The predicted octanol–water partition coefficient (Wildman–Crippen LogP) is 2.34. The number of carbonyl (C=O) groups is 1. The highest BCUT2D eigenvalue weighted by Gasteiger charge is 2.14. The van der Waals surface area contributed by atoms with Gasteiger partial charge in [-0.1, -0.05) is 11.6 Å². The van der Waals surface area contributed by atoms with E-state index in [0.717, 1.165) is 27.7 Å². The summed E-state index contributed by atoms with van der Waals surface area (Å²) in [6.07, 6.45) is 0. The lowest BCUT2D eigenvalue weighted by Gasteiger charge is -2.09. The maximum Gasteiger partial charge on any atom is 0.261 e. The predicted molar refractivity (Wildman–Crippen MR) is 95.6 cm³/mol. The molecule has 23 heavy (non-hydrogen) atoms. The van der Waals surface area contributed by atoms with Crippen molar-refractivity contribution >= 4 is 38.2 Å². The zero-order valence-electron chi connectivity index (χ0n) is 13.4. The van der Waals surface area contributed by atoms with Crippen LogP contribution in [0.4, 0.5) is 0 Å². The molecular weight excluding hydrogens is 310 g/mol. The number of aromatic amines is 1. The Kier molecular flexibility index (Phi) is 4.19. The molecule has 0 spiro atoms. The fourth-order valence-electron chi connectivity index (χ4n) is 2.50. The van der Waals surface area contributed by atoms with E-state index in [9.17, 15) is 9.59 Å². The molecule has 1 aromatic carbocycles. The number of pyridine rings is 1. The monoisotopic (exact) mass is 329 g/mol. The molecule has 2 N–H and O–H groups in total. The van der Waals surface area contributed by atoms with Crippen LogP contribution in [0.3, 0.4) is 0 Å². The summed E-state index contributed by atoms with van der Waals surface area (Å²) >= 11 is 1.37. The Hall–Kier alpha value is -2.18. The molecule has 0 fully saturated rings. The molecule has 0 saturated carbocycles. The zero-order chi connectivity index (χ0) is 16.6. The first kappa shape index (κ1) is 15.7. The molecule has 5 nitrogen and oxygen atoms in total. The molecular formula is C17H19N3O2S. The third-order valence-electron chi connectivity index (χ3n) is 3.71. The van der Waals surface area contributed by atoms with Gasteiger partial charge in [-0.05, 0) is 39.2 Å². The van der Waals surface area contributed by atoms with Crippen LogP contribution in [0.25, 0.3) is 21.0 Å². The van der Waals surface area contributed by atoms with Gasteiger partial charge in [-0.2, -0.15) is 0 Å². The Morgan fingerprint density at radius 3 is 2.78 bits per heavy atom. The first-order valence-corrected chi connectivity index (χ1v) is 8.26. The van der Waals surface area contributed by atoms with Crippen molar-refractivity contribution in [2.24, 2.45) is 0 Å². The van der Waals surface area contributed by atoms with Gasteiger partial charge in [0, 0.05) is 28.7 Å². The molecule has 2 aromatic heterocycles. The van der Waals surface area contributed by atoms with Crippen LogP contribution >= 0.6 is 11.3 Å². The largest absolute Gasteiger partial charge is 0.350 e. The second-order valence-electron chi connectivity index (χ2n) is 5.92. The van der Waals surface area contributed by atoms with Gasteiger partial charge in [0.25, 0.3) is 11.5 Å². The molecule has 0 bridgehead atoms. The molecule has 0 radical (unpaired) electrons. The molecule has 0 unspecified atom stereocenters. The Morgan fingerprint density at radius 1 is 1.26 bits per heavy atom. The van der Waals surface area contributed by atoms with Crippen LogP contribution < -0.4 is 10.9 Å². The molecule has 0 aliphatic carbocycles. The van der Waals surface area contributed by atoms with Crippen LogP contribution in [0, 0.1) is 6.92 Å². The first-order chi connectivity index (χ1) is 11.0. The number of thiophene rings is 1. The number of amides is 1. The van der Waals surface area contributed by atoms with E-state index in [2.05, 4.69) is 10.3 Å². The minimum Gasteiger partial charge on any atom is -0.350 e. The molecule has 0 aliphatic heterocycles. The number of hydrogen-bond donors (Lipinski definition) is 2. The van der Waals surface area contributed by atoms with Gasteiger partial charge >= 0.3 is 0 Å². The molecule has 3 rings (SSSR count). The molecule has 1 amide bonds. The molecule has 120 valence electrons. The van der Waals surface area contributed by atoms with Crippen LogP contribution in [0.1, 0.15) is 15.2 Å². The fraction of sp³-hybridized carbons (Fsp3) is 0.294. The number of hydrogen-bond acceptors (Lipinski definition) is 4. The maximum atomic E-state index is 12.3. The number of aryl methyl sites for hydroxylation is 1. The molecule has 0 aliphatic rings. The summed E-state index contributed by atoms with van der Waals surface area (Å²) in [5.74, 6) is -0.131. The topological polar surface area (TPSA) is 65.2 Å². The number of aromatic nitrogens is 1. The second-order valence-corrected chi connectivity index (χ2v) is 6.97. The van der Waals surface area contributed by atoms with Gasteiger partial charge in [-0.25, -0.2) is 0 Å². The van der Waals surface area contributed by atoms with E-state index in [4.69, 9.17) is 0 Å². The molecule has 0 atom stereocenters. The van der Waals surface area contributed by atoms with Crippen molar-refractivity contribution in [1.29, 1.82) is 0 Å². The average molecular weight is 329 g/mol. The summed E-state index contributed by atoms with van der Waals surface area (Å²) in [5.41, 5.74) is 1.77. The lowest BCUT2D eigenvalue weighted by atomic mass is 10.1. The van der Waals surface area contributed by atoms with E-state index in [1.165, 1.54) is 11.3 Å². The Labute approximate surface area is 137 Å². The van der Waals surface area contributed by atoms with Crippen molar-refractivity contribution in [3.05, 3.63) is 45.1 Å². The maximum absolute atomic E-state index is 12.3. The summed E-state index contributed by atoms with van der Waals surface area (Å²) in [4.78, 5) is 30.0. The van der Waals surface area contributed by atoms with E-state index in [1.54, 1.807) is 6.07 Å². The van der Waals surface area contributed by atoms with Gasteiger partial charge in [0.15, 0.2) is 0 Å². The highest BCUT2D eigenvalue weighted by molar-refractivity contribution is 7.21. The number of H-pyrrole nitrogens is 1. The van der Waals surface area contributed by atoms with E-state index >= 15 is 0 Å². The van der Waals surface area contributed by atoms with E-state index in [0.29, 0.717) is 16.8 Å². The van der Waals surface area contributed by atoms with Gasteiger partial charge in [0.05, 0.1) is 10.3 Å².